The first-order chi connectivity index (χ1) is 10.8. The molecule has 2 aromatic carbocycles. The summed E-state index contributed by atoms with van der Waals surface area (Å²) in [5, 5.41) is 0. The van der Waals surface area contributed by atoms with E-state index in [-0.39, 0.29) is 0 Å². The van der Waals surface area contributed by atoms with Crippen LogP contribution in [0.1, 0.15) is 24.7 Å². The second-order valence-corrected chi connectivity index (χ2v) is 5.60. The van der Waals surface area contributed by atoms with Gasteiger partial charge < -0.3 is 9.15 Å². The quantitative estimate of drug-likeness (QED) is 0.686. The molecule has 0 atom stereocenters. The highest BCUT2D eigenvalue weighted by Crippen LogP contribution is 2.43. The van der Waals surface area contributed by atoms with Crippen LogP contribution in [0.15, 0.2) is 59.0 Å². The molecule has 110 valence electrons. The minimum absolute atomic E-state index is 0.495. The first-order valence-electron chi connectivity index (χ1n) is 7.56. The zero-order chi connectivity index (χ0) is 14.9. The van der Waals surface area contributed by atoms with E-state index in [4.69, 9.17) is 14.1 Å². The molecule has 4 rings (SSSR count). The highest BCUT2D eigenvalue weighted by Gasteiger charge is 2.30. The van der Waals surface area contributed by atoms with Crippen LogP contribution >= 0.6 is 0 Å². The van der Waals surface area contributed by atoms with Gasteiger partial charge in [-0.25, -0.2) is 4.98 Å². The predicted molar refractivity (Wildman–Crippen MR) is 85.9 cm³/mol. The maximum Gasteiger partial charge on any atom is 0.198 e. The normalized spacial score (nSPS) is 14.0. The van der Waals surface area contributed by atoms with Crippen molar-refractivity contribution in [3.8, 4) is 28.3 Å². The zero-order valence-electron chi connectivity index (χ0n) is 12.5. The lowest BCUT2D eigenvalue weighted by molar-refractivity contribution is 0.415. The average Bonchev–Trinajstić information content (AvgIpc) is 3.34. The van der Waals surface area contributed by atoms with Crippen LogP contribution in [0.3, 0.4) is 0 Å². The van der Waals surface area contributed by atoms with E-state index in [1.54, 1.807) is 7.11 Å². The van der Waals surface area contributed by atoms with Crippen LogP contribution in [0, 0.1) is 0 Å². The summed E-state index contributed by atoms with van der Waals surface area (Å²) in [6.45, 7) is 0. The zero-order valence-corrected chi connectivity index (χ0v) is 12.5. The van der Waals surface area contributed by atoms with Crippen LogP contribution in [0.4, 0.5) is 0 Å². The second-order valence-electron chi connectivity index (χ2n) is 5.60. The van der Waals surface area contributed by atoms with Gasteiger partial charge in [-0.1, -0.05) is 30.3 Å². The first kappa shape index (κ1) is 13.1. The van der Waals surface area contributed by atoms with E-state index in [0.29, 0.717) is 5.92 Å². The molecular weight excluding hydrogens is 274 g/mol. The number of rotatable bonds is 4. The van der Waals surface area contributed by atoms with Crippen LogP contribution in [-0.2, 0) is 0 Å². The predicted octanol–water partition coefficient (Wildman–Crippen LogP) is 4.89. The summed E-state index contributed by atoms with van der Waals surface area (Å²) >= 11 is 0. The lowest BCUT2D eigenvalue weighted by atomic mass is 10.1. The Morgan fingerprint density at radius 1 is 0.955 bits per heavy atom. The van der Waals surface area contributed by atoms with Crippen molar-refractivity contribution in [3.05, 3.63) is 60.5 Å². The lowest BCUT2D eigenvalue weighted by Crippen LogP contribution is -1.85. The van der Waals surface area contributed by atoms with Crippen molar-refractivity contribution in [1.29, 1.82) is 0 Å². The lowest BCUT2D eigenvalue weighted by Gasteiger charge is -2.03. The smallest absolute Gasteiger partial charge is 0.198 e. The molecule has 1 aliphatic rings. The monoisotopic (exact) mass is 291 g/mol. The number of hydrogen-bond donors (Lipinski definition) is 0. The van der Waals surface area contributed by atoms with Gasteiger partial charge in [0.05, 0.1) is 7.11 Å². The van der Waals surface area contributed by atoms with Crippen LogP contribution in [0.25, 0.3) is 22.6 Å². The molecule has 0 radical (unpaired) electrons. The first-order valence-corrected chi connectivity index (χ1v) is 7.56. The molecule has 0 amide bonds. The summed E-state index contributed by atoms with van der Waals surface area (Å²) in [5.41, 5.74) is 3.03. The molecule has 0 spiro atoms. The van der Waals surface area contributed by atoms with E-state index in [9.17, 15) is 0 Å². The molecule has 0 bridgehead atoms. The molecule has 1 heterocycles. The molecular formula is C19H17NO2. The number of oxazole rings is 1. The van der Waals surface area contributed by atoms with Gasteiger partial charge in [-0.15, -0.1) is 0 Å². The number of nitrogens with zero attached hydrogens (tertiary/aromatic N) is 1. The van der Waals surface area contributed by atoms with Gasteiger partial charge in [0, 0.05) is 17.0 Å². The Morgan fingerprint density at radius 3 is 2.32 bits per heavy atom. The van der Waals surface area contributed by atoms with Crippen molar-refractivity contribution >= 4 is 0 Å². The SMILES string of the molecule is COc1ccc(-c2nc(C3CC3)oc2-c2ccccc2)cc1. The summed E-state index contributed by atoms with van der Waals surface area (Å²) < 4.78 is 11.3. The third-order valence-corrected chi connectivity index (χ3v) is 3.97. The summed E-state index contributed by atoms with van der Waals surface area (Å²) in [5.74, 6) is 3.06. The van der Waals surface area contributed by atoms with Crippen molar-refractivity contribution in [2.75, 3.05) is 7.11 Å². The standard InChI is InChI=1S/C19H17NO2/c1-21-16-11-9-13(10-12-16)17-18(14-5-3-2-4-6-14)22-19(20-17)15-7-8-15/h2-6,9-12,15H,7-8H2,1H3. The van der Waals surface area contributed by atoms with E-state index >= 15 is 0 Å². The molecule has 1 fully saturated rings. The van der Waals surface area contributed by atoms with E-state index in [1.165, 1.54) is 12.8 Å². The average molecular weight is 291 g/mol. The Hall–Kier alpha value is -2.55. The molecule has 3 aromatic rings. The van der Waals surface area contributed by atoms with Gasteiger partial charge in [-0.2, -0.15) is 0 Å². The van der Waals surface area contributed by atoms with Crippen molar-refractivity contribution in [1.82, 2.24) is 4.98 Å². The number of methoxy groups -OCH3 is 1. The topological polar surface area (TPSA) is 35.3 Å². The van der Waals surface area contributed by atoms with Crippen molar-refractivity contribution in [3.63, 3.8) is 0 Å². The fraction of sp³-hybridized carbons (Fsp3) is 0.211. The Labute approximate surface area is 129 Å². The maximum atomic E-state index is 6.09. The Morgan fingerprint density at radius 2 is 1.68 bits per heavy atom. The number of hydrogen-bond acceptors (Lipinski definition) is 3. The van der Waals surface area contributed by atoms with Crippen LogP contribution in [0.2, 0.25) is 0 Å². The highest BCUT2D eigenvalue weighted by molar-refractivity contribution is 5.77. The molecule has 1 aromatic heterocycles. The third kappa shape index (κ3) is 2.39. The fourth-order valence-electron chi connectivity index (χ4n) is 2.57. The van der Waals surface area contributed by atoms with Gasteiger partial charge in [-0.05, 0) is 37.1 Å². The van der Waals surface area contributed by atoms with Crippen LogP contribution < -0.4 is 4.74 Å². The second kappa shape index (κ2) is 5.34. The molecule has 0 N–H and O–H groups in total. The molecule has 0 unspecified atom stereocenters. The van der Waals surface area contributed by atoms with Gasteiger partial charge in [0.1, 0.15) is 11.4 Å². The summed E-state index contributed by atoms with van der Waals surface area (Å²) in [6, 6.07) is 18.1. The summed E-state index contributed by atoms with van der Waals surface area (Å²) in [7, 11) is 1.67. The minimum Gasteiger partial charge on any atom is -0.497 e. The molecule has 0 saturated heterocycles. The Bertz CT molecular complexity index is 771. The molecule has 1 saturated carbocycles. The third-order valence-electron chi connectivity index (χ3n) is 3.97. The minimum atomic E-state index is 0.495. The Kier molecular flexibility index (Phi) is 3.19. The molecule has 1 aliphatic carbocycles. The number of aromatic nitrogens is 1. The molecule has 22 heavy (non-hydrogen) atoms. The van der Waals surface area contributed by atoms with Gasteiger partial charge in [0.25, 0.3) is 0 Å². The molecule has 0 aliphatic heterocycles. The van der Waals surface area contributed by atoms with Gasteiger partial charge in [0.15, 0.2) is 11.7 Å². The fourth-order valence-corrected chi connectivity index (χ4v) is 2.57. The Balaban J connectivity index is 1.82. The number of ether oxygens (including phenoxy) is 1. The van der Waals surface area contributed by atoms with E-state index in [2.05, 4.69) is 12.1 Å². The van der Waals surface area contributed by atoms with E-state index in [0.717, 1.165) is 34.2 Å². The highest BCUT2D eigenvalue weighted by atomic mass is 16.5. The summed E-state index contributed by atoms with van der Waals surface area (Å²) in [4.78, 5) is 4.77. The summed E-state index contributed by atoms with van der Waals surface area (Å²) in [6.07, 6.45) is 2.35. The van der Waals surface area contributed by atoms with Gasteiger partial charge in [-0.3, -0.25) is 0 Å². The van der Waals surface area contributed by atoms with E-state index in [1.807, 2.05) is 42.5 Å². The van der Waals surface area contributed by atoms with Crippen molar-refractivity contribution < 1.29 is 9.15 Å². The van der Waals surface area contributed by atoms with Crippen LogP contribution in [0.5, 0.6) is 5.75 Å². The number of benzene rings is 2. The van der Waals surface area contributed by atoms with Gasteiger partial charge in [0.2, 0.25) is 0 Å². The van der Waals surface area contributed by atoms with E-state index < -0.39 is 0 Å². The largest absolute Gasteiger partial charge is 0.497 e. The maximum absolute atomic E-state index is 6.09. The van der Waals surface area contributed by atoms with Crippen molar-refractivity contribution in [2.45, 2.75) is 18.8 Å². The van der Waals surface area contributed by atoms with Crippen LogP contribution in [-0.4, -0.2) is 12.1 Å². The van der Waals surface area contributed by atoms with Gasteiger partial charge >= 0.3 is 0 Å². The molecule has 3 heteroatoms. The van der Waals surface area contributed by atoms with Crippen molar-refractivity contribution in [2.24, 2.45) is 0 Å². The molecule has 3 nitrogen and oxygen atoms in total.